The molecule has 11 heteroatoms. The van der Waals surface area contributed by atoms with Crippen molar-refractivity contribution < 1.29 is 22.4 Å². The first-order valence-electron chi connectivity index (χ1n) is 10.5. The summed E-state index contributed by atoms with van der Waals surface area (Å²) in [4.78, 5) is 16.6. The second kappa shape index (κ2) is 9.34. The van der Waals surface area contributed by atoms with E-state index < -0.39 is 23.6 Å². The molecule has 0 fully saturated rings. The van der Waals surface area contributed by atoms with Crippen LogP contribution in [0.15, 0.2) is 83.3 Å². The SMILES string of the molecule is O=C(N/N=C\c1cccc(F)c1)c1csc(-n2nc(C(F)(F)F)cc2-c2ccc3ccccc3c2)n1. The van der Waals surface area contributed by atoms with Crippen molar-refractivity contribution in [1.82, 2.24) is 20.2 Å². The predicted octanol–water partition coefficient (Wildman–Crippen LogP) is 6.07. The summed E-state index contributed by atoms with van der Waals surface area (Å²) < 4.78 is 54.8. The molecule has 5 aromatic rings. The van der Waals surface area contributed by atoms with Gasteiger partial charge in [-0.1, -0.05) is 48.5 Å². The first-order valence-corrected chi connectivity index (χ1v) is 11.4. The highest BCUT2D eigenvalue weighted by Crippen LogP contribution is 2.34. The van der Waals surface area contributed by atoms with Crippen molar-refractivity contribution in [2.75, 3.05) is 0 Å². The van der Waals surface area contributed by atoms with Gasteiger partial charge < -0.3 is 0 Å². The molecular weight excluding hydrogens is 494 g/mol. The van der Waals surface area contributed by atoms with Crippen LogP contribution in [-0.4, -0.2) is 26.9 Å². The number of hydrogen-bond donors (Lipinski definition) is 1. The third-order valence-electron chi connectivity index (χ3n) is 5.18. The Hall–Kier alpha value is -4.38. The van der Waals surface area contributed by atoms with Crippen molar-refractivity contribution in [2.24, 2.45) is 5.10 Å². The summed E-state index contributed by atoms with van der Waals surface area (Å²) in [6.07, 6.45) is -3.41. The molecular formula is C25H15F4N5OS. The predicted molar refractivity (Wildman–Crippen MR) is 129 cm³/mol. The molecule has 180 valence electrons. The molecule has 0 radical (unpaired) electrons. The van der Waals surface area contributed by atoms with E-state index in [1.165, 1.54) is 29.8 Å². The smallest absolute Gasteiger partial charge is 0.266 e. The zero-order chi connectivity index (χ0) is 25.3. The lowest BCUT2D eigenvalue weighted by atomic mass is 10.0. The average Bonchev–Trinajstić information content (AvgIpc) is 3.51. The van der Waals surface area contributed by atoms with E-state index in [-0.39, 0.29) is 16.5 Å². The number of nitrogens with zero attached hydrogens (tertiary/aromatic N) is 4. The molecule has 3 aromatic carbocycles. The zero-order valence-corrected chi connectivity index (χ0v) is 19.0. The summed E-state index contributed by atoms with van der Waals surface area (Å²) in [5.41, 5.74) is 2.26. The molecule has 0 saturated carbocycles. The molecule has 5 rings (SSSR count). The molecule has 1 N–H and O–H groups in total. The van der Waals surface area contributed by atoms with Gasteiger partial charge in [0.15, 0.2) is 5.69 Å². The van der Waals surface area contributed by atoms with Crippen molar-refractivity contribution >= 4 is 34.2 Å². The lowest BCUT2D eigenvalue weighted by molar-refractivity contribution is -0.141. The number of hydrazone groups is 1. The third kappa shape index (κ3) is 4.86. The summed E-state index contributed by atoms with van der Waals surface area (Å²) in [6.45, 7) is 0. The summed E-state index contributed by atoms with van der Waals surface area (Å²) in [6, 6.07) is 19.3. The maximum atomic E-state index is 13.5. The first kappa shape index (κ1) is 23.4. The van der Waals surface area contributed by atoms with Crippen molar-refractivity contribution in [2.45, 2.75) is 6.18 Å². The fourth-order valence-electron chi connectivity index (χ4n) is 3.50. The van der Waals surface area contributed by atoms with Gasteiger partial charge in [-0.05, 0) is 40.6 Å². The largest absolute Gasteiger partial charge is 0.435 e. The second-order valence-corrected chi connectivity index (χ2v) is 8.49. The van der Waals surface area contributed by atoms with E-state index in [0.717, 1.165) is 32.9 Å². The lowest BCUT2D eigenvalue weighted by Crippen LogP contribution is -2.18. The Morgan fingerprint density at radius 2 is 1.81 bits per heavy atom. The topological polar surface area (TPSA) is 72.2 Å². The number of thiazole rings is 1. The van der Waals surface area contributed by atoms with Crippen LogP contribution in [0.3, 0.4) is 0 Å². The fraction of sp³-hybridized carbons (Fsp3) is 0.0400. The standard InChI is InChI=1S/C25H15F4N5OS/c26-19-7-3-4-15(10-19)13-30-32-23(35)20-14-36-24(31-20)34-21(12-22(33-34)25(27,28)29)18-9-8-16-5-1-2-6-17(16)11-18/h1-14H,(H,32,35)/b30-13-. The van der Waals surface area contributed by atoms with Gasteiger partial charge in [0, 0.05) is 10.9 Å². The second-order valence-electron chi connectivity index (χ2n) is 7.66. The molecule has 0 spiro atoms. The van der Waals surface area contributed by atoms with Crippen LogP contribution < -0.4 is 5.43 Å². The lowest BCUT2D eigenvalue weighted by Gasteiger charge is -2.06. The molecule has 2 aromatic heterocycles. The molecule has 2 heterocycles. The number of rotatable bonds is 5. The minimum atomic E-state index is -4.67. The minimum Gasteiger partial charge on any atom is -0.266 e. The molecule has 1 amide bonds. The fourth-order valence-corrected chi connectivity index (χ4v) is 4.26. The summed E-state index contributed by atoms with van der Waals surface area (Å²) in [5.74, 6) is -1.13. The van der Waals surface area contributed by atoms with E-state index in [2.05, 4.69) is 20.6 Å². The molecule has 0 atom stereocenters. The molecule has 0 unspecified atom stereocenters. The van der Waals surface area contributed by atoms with E-state index in [1.807, 2.05) is 30.3 Å². The Morgan fingerprint density at radius 1 is 1.00 bits per heavy atom. The molecule has 0 aliphatic rings. The number of aromatic nitrogens is 3. The molecule has 6 nitrogen and oxygen atoms in total. The zero-order valence-electron chi connectivity index (χ0n) is 18.2. The Balaban J connectivity index is 1.45. The highest BCUT2D eigenvalue weighted by Gasteiger charge is 2.35. The highest BCUT2D eigenvalue weighted by molar-refractivity contribution is 7.12. The number of alkyl halides is 3. The van der Waals surface area contributed by atoms with Crippen LogP contribution in [0.2, 0.25) is 0 Å². The summed E-state index contributed by atoms with van der Waals surface area (Å²) in [5, 5.41) is 10.8. The van der Waals surface area contributed by atoms with Crippen LogP contribution in [0, 0.1) is 5.82 Å². The van der Waals surface area contributed by atoms with Crippen molar-refractivity contribution in [3.63, 3.8) is 0 Å². The van der Waals surface area contributed by atoms with Crippen molar-refractivity contribution in [3.05, 3.63) is 101 Å². The van der Waals surface area contributed by atoms with Gasteiger partial charge in [-0.25, -0.2) is 19.5 Å². The van der Waals surface area contributed by atoms with Gasteiger partial charge in [-0.15, -0.1) is 11.3 Å². The van der Waals surface area contributed by atoms with E-state index in [1.54, 1.807) is 18.2 Å². The van der Waals surface area contributed by atoms with Crippen LogP contribution >= 0.6 is 11.3 Å². The van der Waals surface area contributed by atoms with Crippen molar-refractivity contribution in [1.29, 1.82) is 0 Å². The van der Waals surface area contributed by atoms with Crippen LogP contribution in [0.4, 0.5) is 17.6 Å². The quantitative estimate of drug-likeness (QED) is 0.178. The van der Waals surface area contributed by atoms with E-state index in [9.17, 15) is 22.4 Å². The van der Waals surface area contributed by atoms with Gasteiger partial charge in [0.2, 0.25) is 5.13 Å². The average molecular weight is 509 g/mol. The Bertz CT molecular complexity index is 1610. The number of carbonyl (C=O) groups excluding carboxylic acids is 1. The highest BCUT2D eigenvalue weighted by atomic mass is 32.1. The summed E-state index contributed by atoms with van der Waals surface area (Å²) >= 11 is 0.959. The van der Waals surface area contributed by atoms with Crippen LogP contribution in [0.25, 0.3) is 27.2 Å². The van der Waals surface area contributed by atoms with Gasteiger partial charge in [0.05, 0.1) is 11.9 Å². The number of nitrogens with one attached hydrogen (secondary N) is 1. The molecule has 0 aliphatic heterocycles. The normalized spacial score (nSPS) is 11.9. The Morgan fingerprint density at radius 3 is 2.58 bits per heavy atom. The van der Waals surface area contributed by atoms with Crippen LogP contribution in [0.5, 0.6) is 0 Å². The van der Waals surface area contributed by atoms with Gasteiger partial charge in [0.1, 0.15) is 11.5 Å². The van der Waals surface area contributed by atoms with Crippen molar-refractivity contribution in [3.8, 4) is 16.4 Å². The maximum Gasteiger partial charge on any atom is 0.435 e. The Labute approximate surface area is 205 Å². The number of hydrogen-bond acceptors (Lipinski definition) is 5. The summed E-state index contributed by atoms with van der Waals surface area (Å²) in [7, 11) is 0. The monoisotopic (exact) mass is 509 g/mol. The number of fused-ring (bicyclic) bond motifs is 1. The van der Waals surface area contributed by atoms with E-state index in [4.69, 9.17) is 0 Å². The van der Waals surface area contributed by atoms with E-state index in [0.29, 0.717) is 11.1 Å². The van der Waals surface area contributed by atoms with Crippen LogP contribution in [-0.2, 0) is 6.18 Å². The van der Waals surface area contributed by atoms with Gasteiger partial charge in [-0.2, -0.15) is 23.4 Å². The van der Waals surface area contributed by atoms with Gasteiger partial charge in [-0.3, -0.25) is 4.79 Å². The van der Waals surface area contributed by atoms with Gasteiger partial charge in [0.25, 0.3) is 5.91 Å². The number of halogens is 4. The molecule has 36 heavy (non-hydrogen) atoms. The molecule has 0 saturated heterocycles. The number of amides is 1. The van der Waals surface area contributed by atoms with Gasteiger partial charge >= 0.3 is 6.18 Å². The number of benzene rings is 3. The number of carbonyl (C=O) groups is 1. The first-order chi connectivity index (χ1) is 17.3. The Kier molecular flexibility index (Phi) is 6.06. The minimum absolute atomic E-state index is 0.0556. The third-order valence-corrected chi connectivity index (χ3v) is 6.00. The molecule has 0 bridgehead atoms. The molecule has 0 aliphatic carbocycles. The van der Waals surface area contributed by atoms with E-state index >= 15 is 0 Å². The maximum absolute atomic E-state index is 13.5. The van der Waals surface area contributed by atoms with Crippen LogP contribution in [0.1, 0.15) is 21.7 Å².